The quantitative estimate of drug-likeness (QED) is 0.649. The lowest BCUT2D eigenvalue weighted by molar-refractivity contribution is 0.0491. The highest BCUT2D eigenvalue weighted by Crippen LogP contribution is 2.33. The molecule has 2 N–H and O–H groups in total. The highest BCUT2D eigenvalue weighted by molar-refractivity contribution is 5.98. The summed E-state index contributed by atoms with van der Waals surface area (Å²) in [5.41, 5.74) is 6.81. The summed E-state index contributed by atoms with van der Waals surface area (Å²) in [6.07, 6.45) is 0.776. The summed E-state index contributed by atoms with van der Waals surface area (Å²) >= 11 is 0. The third kappa shape index (κ3) is 2.77. The van der Waals surface area contributed by atoms with Crippen LogP contribution in [0.25, 0.3) is 11.0 Å². The topological polar surface area (TPSA) is 74.7 Å². The number of rotatable bonds is 6. The van der Waals surface area contributed by atoms with Crippen molar-refractivity contribution in [3.8, 4) is 5.75 Å². The third-order valence-electron chi connectivity index (χ3n) is 2.98. The van der Waals surface area contributed by atoms with E-state index >= 15 is 0 Å². The minimum Gasteiger partial charge on any atom is -0.493 e. The van der Waals surface area contributed by atoms with Gasteiger partial charge in [-0.25, -0.2) is 4.79 Å². The molecule has 0 spiro atoms. The number of hydrogen-bond acceptors (Lipinski definition) is 5. The van der Waals surface area contributed by atoms with Gasteiger partial charge in [0.2, 0.25) is 5.76 Å². The summed E-state index contributed by atoms with van der Waals surface area (Å²) in [5, 5.41) is 0.813. The minimum absolute atomic E-state index is 0.233. The Kier molecular flexibility index (Phi) is 4.63. The van der Waals surface area contributed by atoms with Crippen molar-refractivity contribution in [2.24, 2.45) is 5.73 Å². The first kappa shape index (κ1) is 14.4. The van der Waals surface area contributed by atoms with E-state index in [9.17, 15) is 4.79 Å². The van der Waals surface area contributed by atoms with Gasteiger partial charge in [0.25, 0.3) is 0 Å². The highest BCUT2D eigenvalue weighted by Gasteiger charge is 2.21. The normalized spacial score (nSPS) is 10.8. The Bertz CT molecular complexity index is 603. The van der Waals surface area contributed by atoms with Crippen LogP contribution in [0.1, 0.15) is 29.5 Å². The fourth-order valence-electron chi connectivity index (χ4n) is 2.04. The smallest absolute Gasteiger partial charge is 0.374 e. The van der Waals surface area contributed by atoms with Crippen molar-refractivity contribution < 1.29 is 18.7 Å². The molecule has 1 aromatic heterocycles. The average molecular weight is 277 g/mol. The number of fused-ring (bicyclic) bond motifs is 1. The molecule has 0 radical (unpaired) electrons. The van der Waals surface area contributed by atoms with Gasteiger partial charge in [0.05, 0.1) is 18.6 Å². The lowest BCUT2D eigenvalue weighted by Crippen LogP contribution is -2.06. The second-order valence-corrected chi connectivity index (χ2v) is 4.40. The van der Waals surface area contributed by atoms with Crippen LogP contribution in [0, 0.1) is 6.92 Å². The van der Waals surface area contributed by atoms with E-state index in [1.807, 2.05) is 19.1 Å². The number of furan rings is 1. The molecule has 0 aliphatic carbocycles. The molecule has 0 amide bonds. The largest absolute Gasteiger partial charge is 0.493 e. The first-order valence-corrected chi connectivity index (χ1v) is 6.71. The molecular weight excluding hydrogens is 258 g/mol. The van der Waals surface area contributed by atoms with Crippen molar-refractivity contribution in [2.45, 2.75) is 20.3 Å². The van der Waals surface area contributed by atoms with Crippen LogP contribution < -0.4 is 10.5 Å². The van der Waals surface area contributed by atoms with Gasteiger partial charge in [0.1, 0.15) is 11.3 Å². The fourth-order valence-corrected chi connectivity index (χ4v) is 2.04. The number of esters is 1. The van der Waals surface area contributed by atoms with E-state index < -0.39 is 5.97 Å². The zero-order valence-electron chi connectivity index (χ0n) is 11.8. The van der Waals surface area contributed by atoms with Crippen molar-refractivity contribution in [1.82, 2.24) is 0 Å². The van der Waals surface area contributed by atoms with E-state index in [0.717, 1.165) is 17.4 Å². The van der Waals surface area contributed by atoms with E-state index in [1.54, 1.807) is 13.0 Å². The Morgan fingerprint density at radius 1 is 1.40 bits per heavy atom. The average Bonchev–Trinajstić information content (AvgIpc) is 2.78. The molecule has 108 valence electrons. The van der Waals surface area contributed by atoms with Crippen LogP contribution in [-0.2, 0) is 4.74 Å². The minimum atomic E-state index is -0.450. The second-order valence-electron chi connectivity index (χ2n) is 4.40. The standard InChI is InChI=1S/C15H19NO4/c1-3-18-15(17)14-10(2)13-11(19-9-5-8-16)6-4-7-12(13)20-14/h4,6-7H,3,5,8-9,16H2,1-2H3. The zero-order chi connectivity index (χ0) is 14.5. The molecule has 1 heterocycles. The van der Waals surface area contributed by atoms with Crippen LogP contribution in [0.5, 0.6) is 5.75 Å². The lowest BCUT2D eigenvalue weighted by Gasteiger charge is -2.06. The molecule has 0 saturated heterocycles. The Morgan fingerprint density at radius 2 is 2.20 bits per heavy atom. The predicted octanol–water partition coefficient (Wildman–Crippen LogP) is 2.65. The molecule has 0 aliphatic heterocycles. The third-order valence-corrected chi connectivity index (χ3v) is 2.98. The lowest BCUT2D eigenvalue weighted by atomic mass is 10.1. The first-order valence-electron chi connectivity index (χ1n) is 6.71. The van der Waals surface area contributed by atoms with Gasteiger partial charge >= 0.3 is 5.97 Å². The Morgan fingerprint density at radius 3 is 2.90 bits per heavy atom. The summed E-state index contributed by atoms with van der Waals surface area (Å²) in [6.45, 7) is 5.02. The Hall–Kier alpha value is -2.01. The van der Waals surface area contributed by atoms with Gasteiger partial charge in [-0.15, -0.1) is 0 Å². The summed E-state index contributed by atoms with van der Waals surface area (Å²) in [6, 6.07) is 5.50. The maximum atomic E-state index is 11.8. The predicted molar refractivity (Wildman–Crippen MR) is 76.1 cm³/mol. The van der Waals surface area contributed by atoms with Crippen molar-refractivity contribution in [2.75, 3.05) is 19.8 Å². The molecule has 0 aliphatic rings. The molecular formula is C15H19NO4. The summed E-state index contributed by atoms with van der Waals surface area (Å²) < 4.78 is 16.3. The molecule has 0 unspecified atom stereocenters. The molecule has 2 rings (SSSR count). The highest BCUT2D eigenvalue weighted by atomic mass is 16.5. The van der Waals surface area contributed by atoms with E-state index in [4.69, 9.17) is 19.6 Å². The van der Waals surface area contributed by atoms with Crippen molar-refractivity contribution in [3.05, 3.63) is 29.5 Å². The summed E-state index contributed by atoms with van der Waals surface area (Å²) in [5.74, 6) is 0.485. The van der Waals surface area contributed by atoms with Crippen LogP contribution in [-0.4, -0.2) is 25.7 Å². The number of nitrogens with two attached hydrogens (primary N) is 1. The number of ether oxygens (including phenoxy) is 2. The van der Waals surface area contributed by atoms with Crippen molar-refractivity contribution in [1.29, 1.82) is 0 Å². The molecule has 1 aromatic carbocycles. The van der Waals surface area contributed by atoms with Gasteiger partial charge in [0, 0.05) is 5.56 Å². The van der Waals surface area contributed by atoms with Gasteiger partial charge in [-0.05, 0) is 38.9 Å². The van der Waals surface area contributed by atoms with E-state index in [1.165, 1.54) is 0 Å². The van der Waals surface area contributed by atoms with Crippen molar-refractivity contribution >= 4 is 16.9 Å². The number of aryl methyl sites for hydroxylation is 1. The molecule has 0 bridgehead atoms. The van der Waals surface area contributed by atoms with E-state index in [2.05, 4.69) is 0 Å². The van der Waals surface area contributed by atoms with Gasteiger partial charge in [-0.3, -0.25) is 0 Å². The number of carbonyl (C=O) groups is 1. The van der Waals surface area contributed by atoms with Crippen LogP contribution in [0.4, 0.5) is 0 Å². The SMILES string of the molecule is CCOC(=O)c1oc2cccc(OCCCN)c2c1C. The van der Waals surface area contributed by atoms with Gasteiger partial charge in [-0.1, -0.05) is 6.07 Å². The second kappa shape index (κ2) is 6.43. The number of carbonyl (C=O) groups excluding carboxylic acids is 1. The molecule has 0 atom stereocenters. The summed E-state index contributed by atoms with van der Waals surface area (Å²) in [7, 11) is 0. The first-order chi connectivity index (χ1) is 9.69. The molecule has 0 fully saturated rings. The molecule has 0 saturated carbocycles. The summed E-state index contributed by atoms with van der Waals surface area (Å²) in [4.78, 5) is 11.8. The number of benzene rings is 1. The van der Waals surface area contributed by atoms with Crippen LogP contribution in [0.3, 0.4) is 0 Å². The molecule has 2 aromatic rings. The molecule has 5 heteroatoms. The molecule has 5 nitrogen and oxygen atoms in total. The zero-order valence-corrected chi connectivity index (χ0v) is 11.8. The van der Waals surface area contributed by atoms with Crippen LogP contribution in [0.2, 0.25) is 0 Å². The van der Waals surface area contributed by atoms with Gasteiger partial charge in [0.15, 0.2) is 0 Å². The Labute approximate surface area is 117 Å². The van der Waals surface area contributed by atoms with Crippen molar-refractivity contribution in [3.63, 3.8) is 0 Å². The fraction of sp³-hybridized carbons (Fsp3) is 0.400. The van der Waals surface area contributed by atoms with Gasteiger partial charge in [-0.2, -0.15) is 0 Å². The van der Waals surface area contributed by atoms with Crippen LogP contribution >= 0.6 is 0 Å². The number of hydrogen-bond donors (Lipinski definition) is 1. The monoisotopic (exact) mass is 277 g/mol. The van der Waals surface area contributed by atoms with Gasteiger partial charge < -0.3 is 19.6 Å². The van der Waals surface area contributed by atoms with E-state index in [0.29, 0.717) is 31.1 Å². The Balaban J connectivity index is 2.38. The van der Waals surface area contributed by atoms with E-state index in [-0.39, 0.29) is 5.76 Å². The molecule has 20 heavy (non-hydrogen) atoms. The van der Waals surface area contributed by atoms with Crippen LogP contribution in [0.15, 0.2) is 22.6 Å². The maximum Gasteiger partial charge on any atom is 0.374 e. The maximum absolute atomic E-state index is 11.8.